The molecule has 0 aliphatic rings. The maximum atomic E-state index is 13.8. The van der Waals surface area contributed by atoms with Crippen LogP contribution >= 0.6 is 47.8 Å². The molecule has 18 heteroatoms. The number of imidazole rings is 1. The van der Waals surface area contributed by atoms with Gasteiger partial charge in [0.25, 0.3) is 5.91 Å². The summed E-state index contributed by atoms with van der Waals surface area (Å²) in [6.45, 7) is 0.609. The van der Waals surface area contributed by atoms with E-state index >= 15 is 0 Å². The fraction of sp³-hybridized carbons (Fsp3) is 0.0513. The maximum absolute atomic E-state index is 13.8. The quantitative estimate of drug-likeness (QED) is 0.141. The van der Waals surface area contributed by atoms with Gasteiger partial charge in [-0.2, -0.15) is 0 Å². The summed E-state index contributed by atoms with van der Waals surface area (Å²) in [5, 5.41) is 10.8. The number of aromatic carboxylic acids is 1. The summed E-state index contributed by atoms with van der Waals surface area (Å²) in [6.07, 6.45) is 6.68. The lowest BCUT2D eigenvalue weighted by Gasteiger charge is -2.07. The van der Waals surface area contributed by atoms with Crippen molar-refractivity contribution in [3.05, 3.63) is 187 Å². The summed E-state index contributed by atoms with van der Waals surface area (Å²) in [5.74, 6) is -8.21. The number of fused-ring (bicyclic) bond motifs is 1. The second-order valence-electron chi connectivity index (χ2n) is 11.1. The van der Waals surface area contributed by atoms with Crippen LogP contribution in [0.5, 0.6) is 0 Å². The average Bonchev–Trinajstić information content (AvgIpc) is 3.64. The number of carbonyl (C=O) groups excluding carboxylic acids is 1. The van der Waals surface area contributed by atoms with Crippen molar-refractivity contribution in [3.8, 4) is 11.4 Å². The van der Waals surface area contributed by atoms with Gasteiger partial charge in [-0.15, -0.1) is 0 Å². The minimum absolute atomic E-state index is 0.121. The highest BCUT2D eigenvalue weighted by Gasteiger charge is 2.17. The first-order valence-corrected chi connectivity index (χ1v) is 18.5. The SMILES string of the molecule is Fc1cccc(-c2ncc3c(Br)cccn23)c1F.NCc1ncccc1Br.O=C(NCc1ncccc1Br)c1cccc(F)c1F.O=C(O)c1cccc(F)c1F. The number of carboxylic acid groups (broad SMARTS) is 1. The van der Waals surface area contributed by atoms with Crippen LogP contribution in [-0.4, -0.2) is 36.3 Å². The van der Waals surface area contributed by atoms with E-state index in [4.69, 9.17) is 10.8 Å². The number of hydrogen-bond acceptors (Lipinski definition) is 6. The number of rotatable bonds is 6. The standard InChI is InChI=1S/C13H9BrF2N2O.C13H7BrF2N2.C7H4F2O2.C6H7BrN2/c14-9-4-2-6-17-11(9)7-18-13(19)8-3-1-5-10(15)12(8)16;14-9-4-2-6-18-11(9)7-17-13(18)8-3-1-5-10(15)12(8)16;8-5-3-1-2-4(6(5)9)7(10)11;7-5-2-1-3-9-6(5)4-8/h1-6H,7H2,(H,18,19);1-7H;1-3H,(H,10,11);1-3H,4,8H2. The van der Waals surface area contributed by atoms with Crippen molar-refractivity contribution >= 4 is 65.2 Å². The van der Waals surface area contributed by atoms with Crippen LogP contribution in [0.25, 0.3) is 16.9 Å². The molecule has 0 saturated carbocycles. The van der Waals surface area contributed by atoms with Crippen LogP contribution in [0.2, 0.25) is 0 Å². The molecule has 0 aliphatic heterocycles. The van der Waals surface area contributed by atoms with Crippen molar-refractivity contribution in [2.24, 2.45) is 5.73 Å². The molecule has 0 atom stereocenters. The van der Waals surface area contributed by atoms with Gasteiger partial charge in [0, 0.05) is 38.6 Å². The minimum Gasteiger partial charge on any atom is -0.478 e. The molecule has 0 unspecified atom stereocenters. The van der Waals surface area contributed by atoms with Crippen molar-refractivity contribution in [2.45, 2.75) is 13.1 Å². The summed E-state index contributed by atoms with van der Waals surface area (Å²) in [5.41, 5.74) is 6.84. The Kier molecular flexibility index (Phi) is 16.5. The third-order valence-electron chi connectivity index (χ3n) is 7.37. The topological polar surface area (TPSA) is 136 Å². The smallest absolute Gasteiger partial charge is 0.338 e. The predicted octanol–water partition coefficient (Wildman–Crippen LogP) is 10.1. The summed E-state index contributed by atoms with van der Waals surface area (Å²) >= 11 is 9.98. The van der Waals surface area contributed by atoms with E-state index in [1.165, 1.54) is 24.3 Å². The summed E-state index contributed by atoms with van der Waals surface area (Å²) < 4.78 is 82.4. The van der Waals surface area contributed by atoms with Crippen LogP contribution in [0, 0.1) is 34.9 Å². The lowest BCUT2D eigenvalue weighted by atomic mass is 10.2. The highest BCUT2D eigenvalue weighted by Crippen LogP contribution is 2.27. The highest BCUT2D eigenvalue weighted by molar-refractivity contribution is 9.11. The normalized spacial score (nSPS) is 10.3. The van der Waals surface area contributed by atoms with Crippen LogP contribution < -0.4 is 11.1 Å². The molecule has 0 fully saturated rings. The van der Waals surface area contributed by atoms with Crippen LogP contribution in [0.3, 0.4) is 0 Å². The molecule has 0 bridgehead atoms. The Bertz CT molecular complexity index is 2510. The third-order valence-corrected chi connectivity index (χ3v) is 9.48. The first-order chi connectivity index (χ1) is 27.2. The third kappa shape index (κ3) is 11.8. The number of amides is 1. The van der Waals surface area contributed by atoms with E-state index in [9.17, 15) is 35.9 Å². The molecule has 0 saturated heterocycles. The Balaban J connectivity index is 0.000000176. The fourth-order valence-electron chi connectivity index (χ4n) is 4.59. The Morgan fingerprint density at radius 3 is 1.72 bits per heavy atom. The molecule has 4 aromatic heterocycles. The summed E-state index contributed by atoms with van der Waals surface area (Å²) in [7, 11) is 0. The van der Waals surface area contributed by atoms with E-state index in [1.54, 1.807) is 47.4 Å². The van der Waals surface area contributed by atoms with Crippen LogP contribution in [0.1, 0.15) is 32.1 Å². The van der Waals surface area contributed by atoms with Gasteiger partial charge in [0.1, 0.15) is 5.82 Å². The van der Waals surface area contributed by atoms with Crippen LogP contribution in [0.4, 0.5) is 26.3 Å². The lowest BCUT2D eigenvalue weighted by molar-refractivity contribution is 0.0690. The van der Waals surface area contributed by atoms with Crippen LogP contribution in [0.15, 0.2) is 129 Å². The van der Waals surface area contributed by atoms with E-state index in [-0.39, 0.29) is 17.7 Å². The van der Waals surface area contributed by atoms with Crippen molar-refractivity contribution in [1.82, 2.24) is 24.7 Å². The van der Waals surface area contributed by atoms with E-state index in [1.807, 2.05) is 18.2 Å². The molecule has 4 heterocycles. The Hall–Kier alpha value is -5.43. The molecule has 0 spiro atoms. The molecule has 4 N–H and O–H groups in total. The molecular weight excluding hydrogens is 954 g/mol. The van der Waals surface area contributed by atoms with Crippen LogP contribution in [-0.2, 0) is 13.1 Å². The molecular formula is C39H27Br3F6N6O3. The van der Waals surface area contributed by atoms with Gasteiger partial charge in [0.05, 0.1) is 46.3 Å². The van der Waals surface area contributed by atoms with Gasteiger partial charge in [-0.05, 0) is 121 Å². The van der Waals surface area contributed by atoms with Gasteiger partial charge >= 0.3 is 5.97 Å². The van der Waals surface area contributed by atoms with Gasteiger partial charge in [0.15, 0.2) is 34.9 Å². The molecule has 7 aromatic rings. The molecule has 0 radical (unpaired) electrons. The number of hydrogen-bond donors (Lipinski definition) is 3. The zero-order valence-electron chi connectivity index (χ0n) is 28.9. The fourth-order valence-corrected chi connectivity index (χ4v) is 5.85. The minimum atomic E-state index is -1.47. The molecule has 9 nitrogen and oxygen atoms in total. The largest absolute Gasteiger partial charge is 0.478 e. The maximum Gasteiger partial charge on any atom is 0.338 e. The Morgan fingerprint density at radius 2 is 1.18 bits per heavy atom. The number of nitrogens with two attached hydrogens (primary N) is 1. The molecule has 3 aromatic carbocycles. The van der Waals surface area contributed by atoms with Gasteiger partial charge < -0.3 is 16.2 Å². The molecule has 7 rings (SSSR count). The Labute approximate surface area is 346 Å². The van der Waals surface area contributed by atoms with Gasteiger partial charge in [-0.3, -0.25) is 19.2 Å². The number of pyridine rings is 3. The van der Waals surface area contributed by atoms with Crippen molar-refractivity contribution in [1.29, 1.82) is 0 Å². The number of carbonyl (C=O) groups is 2. The second-order valence-corrected chi connectivity index (χ2v) is 13.6. The van der Waals surface area contributed by atoms with E-state index in [2.05, 4.69) is 68.1 Å². The number of nitrogens with one attached hydrogen (secondary N) is 1. The monoisotopic (exact) mass is 978 g/mol. The zero-order valence-corrected chi connectivity index (χ0v) is 33.7. The summed E-state index contributed by atoms with van der Waals surface area (Å²) in [4.78, 5) is 34.1. The average molecular weight is 981 g/mol. The molecule has 57 heavy (non-hydrogen) atoms. The van der Waals surface area contributed by atoms with Crippen molar-refractivity contribution in [3.63, 3.8) is 0 Å². The van der Waals surface area contributed by atoms with Gasteiger partial charge in [0.2, 0.25) is 0 Å². The highest BCUT2D eigenvalue weighted by atomic mass is 79.9. The second kappa shape index (κ2) is 21.2. The first kappa shape index (κ1) is 44.3. The Morgan fingerprint density at radius 1 is 0.649 bits per heavy atom. The van der Waals surface area contributed by atoms with E-state index < -0.39 is 52.3 Å². The number of halogens is 9. The van der Waals surface area contributed by atoms with E-state index in [0.717, 1.165) is 55.0 Å². The number of benzene rings is 3. The van der Waals surface area contributed by atoms with Crippen molar-refractivity contribution < 1.29 is 41.0 Å². The molecule has 1 amide bonds. The molecule has 294 valence electrons. The summed E-state index contributed by atoms with van der Waals surface area (Å²) in [6, 6.07) is 21.5. The number of aromatic nitrogens is 4. The first-order valence-electron chi connectivity index (χ1n) is 16.1. The number of carboxylic acids is 1. The molecule has 0 aliphatic carbocycles. The lowest BCUT2D eigenvalue weighted by Crippen LogP contribution is -2.24. The number of nitrogens with zero attached hydrogens (tertiary/aromatic N) is 4. The van der Waals surface area contributed by atoms with Gasteiger partial charge in [-0.25, -0.2) is 36.1 Å². The van der Waals surface area contributed by atoms with Gasteiger partial charge in [-0.1, -0.05) is 18.2 Å². The zero-order chi connectivity index (χ0) is 41.6. The van der Waals surface area contributed by atoms with Crippen molar-refractivity contribution in [2.75, 3.05) is 0 Å². The predicted molar refractivity (Wildman–Crippen MR) is 211 cm³/mol. The van der Waals surface area contributed by atoms with E-state index in [0.29, 0.717) is 18.1 Å².